The van der Waals surface area contributed by atoms with Crippen molar-refractivity contribution in [1.29, 1.82) is 0 Å². The first kappa shape index (κ1) is 17.5. The molecule has 0 bridgehead atoms. The van der Waals surface area contributed by atoms with Crippen LogP contribution in [-0.2, 0) is 16.0 Å². The summed E-state index contributed by atoms with van der Waals surface area (Å²) in [5, 5.41) is 12.5. The fourth-order valence-electron chi connectivity index (χ4n) is 1.87. The van der Waals surface area contributed by atoms with Gasteiger partial charge in [-0.15, -0.1) is 6.58 Å². The summed E-state index contributed by atoms with van der Waals surface area (Å²) < 4.78 is 0. The van der Waals surface area contributed by atoms with E-state index in [1.807, 2.05) is 0 Å². The Morgan fingerprint density at radius 3 is 2.62 bits per heavy atom. The molecule has 0 aliphatic heterocycles. The van der Waals surface area contributed by atoms with E-state index in [4.69, 9.17) is 28.3 Å². The molecule has 0 unspecified atom stereocenters. The number of benzene rings is 1. The molecule has 0 fully saturated rings. The minimum atomic E-state index is -0.968. The van der Waals surface area contributed by atoms with Gasteiger partial charge in [0.1, 0.15) is 0 Å². The van der Waals surface area contributed by atoms with Gasteiger partial charge in [-0.05, 0) is 30.5 Å². The highest BCUT2D eigenvalue weighted by Gasteiger charge is 2.16. The Labute approximate surface area is 133 Å². The maximum atomic E-state index is 11.7. The van der Waals surface area contributed by atoms with E-state index in [1.54, 1.807) is 24.3 Å². The Morgan fingerprint density at radius 1 is 1.33 bits per heavy atom. The second-order valence-corrected chi connectivity index (χ2v) is 5.46. The van der Waals surface area contributed by atoms with Gasteiger partial charge >= 0.3 is 5.97 Å². The summed E-state index contributed by atoms with van der Waals surface area (Å²) >= 11 is 11.8. The molecule has 0 aliphatic carbocycles. The number of amides is 1. The third-order valence-electron chi connectivity index (χ3n) is 2.83. The lowest BCUT2D eigenvalue weighted by molar-refractivity contribution is -0.137. The summed E-state index contributed by atoms with van der Waals surface area (Å²) in [5.74, 6) is -1.16. The Hall–Kier alpha value is -1.52. The van der Waals surface area contributed by atoms with E-state index in [2.05, 4.69) is 11.9 Å². The van der Waals surface area contributed by atoms with Crippen LogP contribution in [0.25, 0.3) is 0 Å². The molecular formula is C15H17Cl2NO3. The molecule has 114 valence electrons. The van der Waals surface area contributed by atoms with Crippen molar-refractivity contribution in [2.24, 2.45) is 0 Å². The summed E-state index contributed by atoms with van der Waals surface area (Å²) in [6.07, 6.45) is 2.72. The summed E-state index contributed by atoms with van der Waals surface area (Å²) in [6.45, 7) is 3.54. The van der Waals surface area contributed by atoms with Crippen LogP contribution < -0.4 is 5.32 Å². The highest BCUT2D eigenvalue weighted by Crippen LogP contribution is 2.23. The Bertz CT molecular complexity index is 532. The van der Waals surface area contributed by atoms with Crippen LogP contribution in [0.3, 0.4) is 0 Å². The lowest BCUT2D eigenvalue weighted by Crippen LogP contribution is -2.37. The minimum Gasteiger partial charge on any atom is -0.481 e. The van der Waals surface area contributed by atoms with E-state index in [-0.39, 0.29) is 12.3 Å². The lowest BCUT2D eigenvalue weighted by atomic mass is 10.0. The van der Waals surface area contributed by atoms with Crippen molar-refractivity contribution in [3.8, 4) is 0 Å². The number of carboxylic acid groups (broad SMARTS) is 1. The van der Waals surface area contributed by atoms with Gasteiger partial charge in [0, 0.05) is 12.5 Å². The molecule has 1 aromatic rings. The molecule has 0 saturated carbocycles. The second-order valence-electron chi connectivity index (χ2n) is 4.64. The average Bonchev–Trinajstić information content (AvgIpc) is 2.40. The van der Waals surface area contributed by atoms with E-state index < -0.39 is 12.0 Å². The predicted molar refractivity (Wildman–Crippen MR) is 83.8 cm³/mol. The highest BCUT2D eigenvalue weighted by molar-refractivity contribution is 6.42. The van der Waals surface area contributed by atoms with Gasteiger partial charge in [0.15, 0.2) is 0 Å². The topological polar surface area (TPSA) is 66.4 Å². The number of carbonyl (C=O) groups is 2. The van der Waals surface area contributed by atoms with E-state index in [9.17, 15) is 9.59 Å². The van der Waals surface area contributed by atoms with Crippen molar-refractivity contribution >= 4 is 35.1 Å². The molecule has 0 radical (unpaired) electrons. The summed E-state index contributed by atoms with van der Waals surface area (Å²) in [4.78, 5) is 22.6. The van der Waals surface area contributed by atoms with Crippen LogP contribution in [-0.4, -0.2) is 23.0 Å². The van der Waals surface area contributed by atoms with Gasteiger partial charge in [0.05, 0.1) is 16.5 Å². The average molecular weight is 330 g/mol. The molecule has 0 saturated heterocycles. The maximum Gasteiger partial charge on any atom is 0.305 e. The van der Waals surface area contributed by atoms with Crippen molar-refractivity contribution in [3.63, 3.8) is 0 Å². The fourth-order valence-corrected chi connectivity index (χ4v) is 2.19. The quantitative estimate of drug-likeness (QED) is 0.718. The molecule has 6 heteroatoms. The first-order valence-electron chi connectivity index (χ1n) is 6.48. The standard InChI is InChI=1S/C15H17Cl2NO3/c1-2-3-4-14(19)18-11(9-15(20)21)7-10-5-6-12(16)13(17)8-10/h2,5-6,8,11H,1,3-4,7,9H2,(H,18,19)(H,20,21)/t11-/m1/s1. The predicted octanol–water partition coefficient (Wildman–Crippen LogP) is 3.46. The zero-order valence-electron chi connectivity index (χ0n) is 11.4. The van der Waals surface area contributed by atoms with Crippen molar-refractivity contribution in [3.05, 3.63) is 46.5 Å². The number of hydrogen-bond acceptors (Lipinski definition) is 2. The van der Waals surface area contributed by atoms with Crippen molar-refractivity contribution in [1.82, 2.24) is 5.32 Å². The molecule has 2 N–H and O–H groups in total. The van der Waals surface area contributed by atoms with Gasteiger partial charge < -0.3 is 10.4 Å². The SMILES string of the molecule is C=CCCC(=O)N[C@@H](CC(=O)O)Cc1ccc(Cl)c(Cl)c1. The number of carboxylic acids is 1. The maximum absolute atomic E-state index is 11.7. The van der Waals surface area contributed by atoms with Crippen LogP contribution in [0.1, 0.15) is 24.8 Å². The van der Waals surface area contributed by atoms with Crippen LogP contribution >= 0.6 is 23.2 Å². The van der Waals surface area contributed by atoms with Crippen molar-refractivity contribution < 1.29 is 14.7 Å². The molecule has 1 aromatic carbocycles. The van der Waals surface area contributed by atoms with Crippen LogP contribution in [0.2, 0.25) is 10.0 Å². The number of rotatable bonds is 8. The number of carbonyl (C=O) groups excluding carboxylic acids is 1. The lowest BCUT2D eigenvalue weighted by Gasteiger charge is -2.17. The van der Waals surface area contributed by atoms with Gasteiger partial charge in [0.2, 0.25) is 5.91 Å². The van der Waals surface area contributed by atoms with Crippen LogP contribution in [0, 0.1) is 0 Å². The van der Waals surface area contributed by atoms with Gasteiger partial charge in [-0.3, -0.25) is 9.59 Å². The molecule has 0 aliphatic rings. The van der Waals surface area contributed by atoms with Gasteiger partial charge in [0.25, 0.3) is 0 Å². The van der Waals surface area contributed by atoms with Crippen LogP contribution in [0.5, 0.6) is 0 Å². The van der Waals surface area contributed by atoms with E-state index >= 15 is 0 Å². The van der Waals surface area contributed by atoms with E-state index in [1.165, 1.54) is 0 Å². The van der Waals surface area contributed by atoms with Gasteiger partial charge in [-0.25, -0.2) is 0 Å². The molecule has 1 atom stereocenters. The smallest absolute Gasteiger partial charge is 0.305 e. The van der Waals surface area contributed by atoms with Crippen molar-refractivity contribution in [2.45, 2.75) is 31.7 Å². The van der Waals surface area contributed by atoms with E-state index in [0.29, 0.717) is 29.3 Å². The number of allylic oxidation sites excluding steroid dienone is 1. The van der Waals surface area contributed by atoms with E-state index in [0.717, 1.165) is 5.56 Å². The van der Waals surface area contributed by atoms with Crippen LogP contribution in [0.15, 0.2) is 30.9 Å². The molecule has 0 spiro atoms. The van der Waals surface area contributed by atoms with Crippen molar-refractivity contribution in [2.75, 3.05) is 0 Å². The zero-order chi connectivity index (χ0) is 15.8. The number of hydrogen-bond donors (Lipinski definition) is 2. The van der Waals surface area contributed by atoms with Gasteiger partial charge in [-0.1, -0.05) is 35.3 Å². The third-order valence-corrected chi connectivity index (χ3v) is 3.57. The fraction of sp³-hybridized carbons (Fsp3) is 0.333. The molecule has 0 heterocycles. The summed E-state index contributed by atoms with van der Waals surface area (Å²) in [6, 6.07) is 4.60. The zero-order valence-corrected chi connectivity index (χ0v) is 13.0. The first-order valence-corrected chi connectivity index (χ1v) is 7.24. The Morgan fingerprint density at radius 2 is 2.05 bits per heavy atom. The molecule has 1 rings (SSSR count). The number of aliphatic carboxylic acids is 1. The molecule has 1 amide bonds. The first-order chi connectivity index (χ1) is 9.92. The molecule has 0 aromatic heterocycles. The normalized spacial score (nSPS) is 11.7. The third kappa shape index (κ3) is 6.65. The van der Waals surface area contributed by atoms with Crippen LogP contribution in [0.4, 0.5) is 0 Å². The summed E-state index contributed by atoms with van der Waals surface area (Å²) in [7, 11) is 0. The number of nitrogens with one attached hydrogen (secondary N) is 1. The molecular weight excluding hydrogens is 313 g/mol. The molecule has 21 heavy (non-hydrogen) atoms. The monoisotopic (exact) mass is 329 g/mol. The summed E-state index contributed by atoms with van der Waals surface area (Å²) in [5.41, 5.74) is 0.819. The Kier molecular flexibility index (Phi) is 7.26. The Balaban J connectivity index is 2.72. The van der Waals surface area contributed by atoms with Gasteiger partial charge in [-0.2, -0.15) is 0 Å². The second kappa shape index (κ2) is 8.70. The minimum absolute atomic E-state index is 0.153. The highest BCUT2D eigenvalue weighted by atomic mass is 35.5. The largest absolute Gasteiger partial charge is 0.481 e. The number of halogens is 2. The molecule has 4 nitrogen and oxygen atoms in total.